The smallest absolute Gasteiger partial charge is 0.335 e. The van der Waals surface area contributed by atoms with Crippen LogP contribution in [0.25, 0.3) is 0 Å². The predicted octanol–water partition coefficient (Wildman–Crippen LogP) is 3.23. The van der Waals surface area contributed by atoms with E-state index < -0.39 is 37.4 Å². The molecule has 0 aliphatic heterocycles. The van der Waals surface area contributed by atoms with Gasteiger partial charge in [0.15, 0.2) is 0 Å². The molecule has 0 bridgehead atoms. The van der Waals surface area contributed by atoms with Crippen LogP contribution >= 0.6 is 7.60 Å². The maximum atomic E-state index is 12.6. The predicted molar refractivity (Wildman–Crippen MR) is 110 cm³/mol. The first-order valence-electron chi connectivity index (χ1n) is 9.82. The molecule has 0 fully saturated rings. The highest BCUT2D eigenvalue weighted by molar-refractivity contribution is 7.53. The van der Waals surface area contributed by atoms with Crippen molar-refractivity contribution in [2.75, 3.05) is 19.8 Å². The highest BCUT2D eigenvalue weighted by atomic mass is 31.2. The molecule has 0 aromatic heterocycles. The van der Waals surface area contributed by atoms with Crippen molar-refractivity contribution < 1.29 is 37.8 Å². The summed E-state index contributed by atoms with van der Waals surface area (Å²) in [5, 5.41) is 11.9. The maximum absolute atomic E-state index is 12.6. The minimum atomic E-state index is -3.27. The summed E-state index contributed by atoms with van der Waals surface area (Å²) in [7, 11) is -3.27. The number of hydrogen-bond donors (Lipinski definition) is 2. The van der Waals surface area contributed by atoms with E-state index in [4.69, 9.17) is 13.8 Å². The zero-order valence-electron chi connectivity index (χ0n) is 17.8. The summed E-state index contributed by atoms with van der Waals surface area (Å²) in [5.41, 5.74) is 0.887. The summed E-state index contributed by atoms with van der Waals surface area (Å²) in [5.74, 6) is -3.02. The molecule has 0 saturated heterocycles. The molecule has 1 aromatic rings. The molecule has 2 N–H and O–H groups in total. The number of carbonyl (C=O) groups excluding carboxylic acids is 2. The number of carbonyl (C=O) groups is 3. The van der Waals surface area contributed by atoms with Crippen LogP contribution < -0.4 is 5.32 Å². The fourth-order valence-corrected chi connectivity index (χ4v) is 4.48. The van der Waals surface area contributed by atoms with Crippen LogP contribution in [-0.4, -0.2) is 48.8 Å². The maximum Gasteiger partial charge on any atom is 0.335 e. The van der Waals surface area contributed by atoms with Gasteiger partial charge in [-0.05, 0) is 44.4 Å². The molecule has 0 saturated carbocycles. The Labute approximate surface area is 176 Å². The number of amides is 1. The third kappa shape index (κ3) is 8.26. The van der Waals surface area contributed by atoms with Gasteiger partial charge in [0.2, 0.25) is 0 Å². The molecule has 0 radical (unpaired) electrons. The van der Waals surface area contributed by atoms with Crippen molar-refractivity contribution in [3.05, 3.63) is 35.4 Å². The van der Waals surface area contributed by atoms with Gasteiger partial charge in [-0.3, -0.25) is 14.2 Å². The SMILES string of the molecule is CCOC(=O)C[C@H](C)[C@@H](NC(=O)c1ccc(CP(=O)(OCC)OCC)cc1)C(=O)O. The van der Waals surface area contributed by atoms with Crippen LogP contribution in [-0.2, 0) is 34.1 Å². The summed E-state index contributed by atoms with van der Waals surface area (Å²) >= 11 is 0. The Kier molecular flexibility index (Phi) is 10.7. The Morgan fingerprint density at radius 3 is 2.07 bits per heavy atom. The van der Waals surface area contributed by atoms with Crippen molar-refractivity contribution in [1.29, 1.82) is 0 Å². The standard InChI is InChI=1S/C20H30NO8P/c1-5-27-17(22)12-14(4)18(20(24)25)21-19(23)16-10-8-15(9-11-16)13-30(26,28-6-2)29-7-3/h8-11,14,18H,5-7,12-13H2,1-4H3,(H,21,23)(H,24,25)/t14-,18+/m0/s1. The number of rotatable bonds is 13. The molecule has 0 spiro atoms. The van der Waals surface area contributed by atoms with Gasteiger partial charge in [0.05, 0.1) is 32.4 Å². The average molecular weight is 443 g/mol. The number of nitrogens with one attached hydrogen (secondary N) is 1. The Morgan fingerprint density at radius 2 is 1.60 bits per heavy atom. The second-order valence-corrected chi connectivity index (χ2v) is 8.63. The second kappa shape index (κ2) is 12.5. The largest absolute Gasteiger partial charge is 0.480 e. The van der Waals surface area contributed by atoms with E-state index in [0.717, 1.165) is 0 Å². The number of ether oxygens (including phenoxy) is 1. The van der Waals surface area contributed by atoms with Crippen LogP contribution in [0.2, 0.25) is 0 Å². The molecule has 0 heterocycles. The molecular weight excluding hydrogens is 413 g/mol. The number of benzene rings is 1. The molecule has 2 atom stereocenters. The minimum absolute atomic E-state index is 0.0604. The van der Waals surface area contributed by atoms with Crippen LogP contribution in [0.1, 0.15) is 50.0 Å². The van der Waals surface area contributed by atoms with Crippen molar-refractivity contribution in [3.8, 4) is 0 Å². The quantitative estimate of drug-likeness (QED) is 0.351. The topological polar surface area (TPSA) is 128 Å². The first-order chi connectivity index (χ1) is 14.2. The van der Waals surface area contributed by atoms with E-state index in [1.165, 1.54) is 12.1 Å². The first kappa shape index (κ1) is 25.8. The zero-order chi connectivity index (χ0) is 22.7. The molecule has 9 nitrogen and oxygen atoms in total. The number of aliphatic carboxylic acids is 1. The van der Waals surface area contributed by atoms with Gasteiger partial charge in [0.25, 0.3) is 5.91 Å². The highest BCUT2D eigenvalue weighted by Gasteiger charge is 2.29. The Morgan fingerprint density at radius 1 is 1.03 bits per heavy atom. The fourth-order valence-electron chi connectivity index (χ4n) is 2.78. The van der Waals surface area contributed by atoms with Crippen molar-refractivity contribution in [2.24, 2.45) is 5.92 Å². The van der Waals surface area contributed by atoms with Crippen molar-refractivity contribution in [2.45, 2.75) is 46.3 Å². The summed E-state index contributed by atoms with van der Waals surface area (Å²) in [6, 6.07) is 4.97. The third-order valence-electron chi connectivity index (χ3n) is 4.16. The molecule has 1 amide bonds. The molecule has 168 valence electrons. The lowest BCUT2D eigenvalue weighted by Crippen LogP contribution is -2.45. The molecule has 0 aliphatic rings. The summed E-state index contributed by atoms with van der Waals surface area (Å²) in [6.07, 6.45) is -0.0704. The molecule has 10 heteroatoms. The van der Waals surface area contributed by atoms with Crippen LogP contribution in [0.15, 0.2) is 24.3 Å². The van der Waals surface area contributed by atoms with Crippen LogP contribution in [0, 0.1) is 5.92 Å². The normalized spacial score (nSPS) is 13.3. The van der Waals surface area contributed by atoms with E-state index in [9.17, 15) is 24.1 Å². The minimum Gasteiger partial charge on any atom is -0.480 e. The first-order valence-corrected chi connectivity index (χ1v) is 11.5. The summed E-state index contributed by atoms with van der Waals surface area (Å²) in [6.45, 7) is 7.35. The highest BCUT2D eigenvalue weighted by Crippen LogP contribution is 2.51. The summed E-state index contributed by atoms with van der Waals surface area (Å²) in [4.78, 5) is 35.6. The van der Waals surface area contributed by atoms with E-state index in [-0.39, 0.29) is 38.0 Å². The van der Waals surface area contributed by atoms with E-state index in [1.54, 1.807) is 39.8 Å². The van der Waals surface area contributed by atoms with E-state index in [0.29, 0.717) is 5.56 Å². The van der Waals surface area contributed by atoms with Gasteiger partial charge in [-0.2, -0.15) is 0 Å². The van der Waals surface area contributed by atoms with Gasteiger partial charge in [-0.1, -0.05) is 19.1 Å². The van der Waals surface area contributed by atoms with Crippen LogP contribution in [0.3, 0.4) is 0 Å². The molecule has 0 aliphatic carbocycles. The third-order valence-corrected chi connectivity index (χ3v) is 6.22. The van der Waals surface area contributed by atoms with Crippen LogP contribution in [0.4, 0.5) is 0 Å². The zero-order valence-corrected chi connectivity index (χ0v) is 18.6. The molecular formula is C20H30NO8P. The van der Waals surface area contributed by atoms with E-state index in [2.05, 4.69) is 5.32 Å². The van der Waals surface area contributed by atoms with Crippen molar-refractivity contribution in [3.63, 3.8) is 0 Å². The van der Waals surface area contributed by atoms with Crippen molar-refractivity contribution >= 4 is 25.4 Å². The number of carboxylic acids is 1. The van der Waals surface area contributed by atoms with Gasteiger partial charge < -0.3 is 24.2 Å². The molecule has 30 heavy (non-hydrogen) atoms. The number of esters is 1. The number of carboxylic acid groups (broad SMARTS) is 1. The Balaban J connectivity index is 2.83. The number of hydrogen-bond acceptors (Lipinski definition) is 7. The second-order valence-electron chi connectivity index (χ2n) is 6.58. The van der Waals surface area contributed by atoms with Gasteiger partial charge in [-0.25, -0.2) is 4.79 Å². The van der Waals surface area contributed by atoms with Crippen LogP contribution in [0.5, 0.6) is 0 Å². The lowest BCUT2D eigenvalue weighted by molar-refractivity contribution is -0.145. The van der Waals surface area contributed by atoms with Crippen molar-refractivity contribution in [1.82, 2.24) is 5.32 Å². The van der Waals surface area contributed by atoms with Gasteiger partial charge in [0.1, 0.15) is 6.04 Å². The van der Waals surface area contributed by atoms with Gasteiger partial charge in [-0.15, -0.1) is 0 Å². The molecule has 1 aromatic carbocycles. The average Bonchev–Trinajstić information content (AvgIpc) is 2.66. The fraction of sp³-hybridized carbons (Fsp3) is 0.550. The summed E-state index contributed by atoms with van der Waals surface area (Å²) < 4.78 is 28.0. The Bertz CT molecular complexity index is 755. The molecule has 1 rings (SSSR count). The Hall–Kier alpha value is -2.22. The monoisotopic (exact) mass is 443 g/mol. The lowest BCUT2D eigenvalue weighted by Gasteiger charge is -2.21. The van der Waals surface area contributed by atoms with E-state index >= 15 is 0 Å². The van der Waals surface area contributed by atoms with Gasteiger partial charge in [0, 0.05) is 5.56 Å². The molecule has 0 unspecified atom stereocenters. The van der Waals surface area contributed by atoms with E-state index in [1.807, 2.05) is 0 Å². The lowest BCUT2D eigenvalue weighted by atomic mass is 9.98. The van der Waals surface area contributed by atoms with Gasteiger partial charge >= 0.3 is 19.5 Å².